The van der Waals surface area contributed by atoms with Gasteiger partial charge in [-0.2, -0.15) is 0 Å². The van der Waals surface area contributed by atoms with Crippen LogP contribution in [0.15, 0.2) is 183 Å². The Labute approximate surface area is 974 Å². The molecule has 0 atom stereocenters. The largest absolute Gasteiger partial charge is 0.566 e. The number of hydrazine groups is 7. The monoisotopic (exact) mass is 3040 g/mol. The van der Waals surface area contributed by atoms with E-state index in [1.807, 2.05) is 113 Å². The van der Waals surface area contributed by atoms with Crippen LogP contribution in [0.25, 0.3) is 0 Å². The Morgan fingerprint density at radius 1 is 0.435 bits per heavy atom. The first kappa shape index (κ1) is 141. The number of benzene rings is 7. The molecule has 147 heavy (non-hydrogen) atoms. The number of carboxylic acids is 1. The second-order valence-electron chi connectivity index (χ2n) is 31.0. The van der Waals surface area contributed by atoms with Gasteiger partial charge in [0.25, 0.3) is 0 Å². The number of carbonyl (C=O) groups is 13. The Kier molecular flexibility index (Phi) is 80.8. The maximum Gasteiger partial charge on any atom is 0.337 e. The number of aryl methyl sites for hydroxylation is 1. The van der Waals surface area contributed by atoms with Crippen molar-refractivity contribution >= 4 is 128 Å². The molecule has 5 aliphatic heterocycles. The number of ether oxygens (including phenoxy) is 6. The molecule has 12 rings (SSSR count). The summed E-state index contributed by atoms with van der Waals surface area (Å²) < 4.78 is 27.8. The molecular weight excluding hydrogens is 2910 g/mol. The molecule has 5 heterocycles. The number of carbonyl (C=O) groups excluding carboxylic acids is 14. The van der Waals surface area contributed by atoms with Crippen molar-refractivity contribution in [1.29, 1.82) is 0 Å². The molecule has 5 fully saturated rings. The Morgan fingerprint density at radius 3 is 0.939 bits per heavy atom. The summed E-state index contributed by atoms with van der Waals surface area (Å²) in [6.45, 7) is 14.5. The second-order valence-corrected chi connectivity index (χ2v) is 32.6. The number of hydrogen-bond donors (Lipinski definition) is 8. The summed E-state index contributed by atoms with van der Waals surface area (Å²) in [7, 11) is 13.6. The Hall–Kier alpha value is -8.24. The van der Waals surface area contributed by atoms with Crippen molar-refractivity contribution in [2.45, 2.75) is 103 Å². The van der Waals surface area contributed by atoms with Gasteiger partial charge in [0.15, 0.2) is 0 Å². The van der Waals surface area contributed by atoms with Gasteiger partial charge in [0.05, 0.1) is 81.6 Å². The summed E-state index contributed by atoms with van der Waals surface area (Å²) in [5.74, 6) is 2.61. The molecule has 0 unspecified atom stereocenters. The summed E-state index contributed by atoms with van der Waals surface area (Å²) >= 11 is 13.3. The number of aromatic carboxylic acids is 1. The number of alkyl halides is 2. The summed E-state index contributed by atoms with van der Waals surface area (Å²) in [6.07, 6.45) is 14.2. The van der Waals surface area contributed by atoms with Gasteiger partial charge < -0.3 is 53.3 Å². The summed E-state index contributed by atoms with van der Waals surface area (Å²) in [6, 6.07) is 50.4. The molecule has 38 nitrogen and oxygen atoms in total. The number of hydrogen-bond acceptors (Lipinski definition) is 32. The van der Waals surface area contributed by atoms with Crippen LogP contribution in [-0.2, 0) is 112 Å². The molecule has 796 valence electrons. The molecule has 0 spiro atoms. The van der Waals surface area contributed by atoms with Gasteiger partial charge in [-0.1, -0.05) is 101 Å². The molecule has 9 N–H and O–H groups in total. The fraction of sp³-hybridized carbons (Fsp3) is 0.402. The molecule has 7 aromatic rings. The number of allylic oxidation sites excluding steroid dienone is 1. The maximum atomic E-state index is 11.9. The van der Waals surface area contributed by atoms with E-state index in [4.69, 9.17) is 43.3 Å². The number of amides is 5. The number of aliphatic hydroxyl groups excluding tert-OH is 2. The predicted octanol–water partition coefficient (Wildman–Crippen LogP) is 9.40. The Morgan fingerprint density at radius 2 is 0.707 bits per heavy atom. The molecule has 5 amide bonds. The van der Waals surface area contributed by atoms with Crippen molar-refractivity contribution < 1.29 is 240 Å². The zero-order valence-corrected chi connectivity index (χ0v) is 104. The first-order valence-corrected chi connectivity index (χ1v) is 47.8. The van der Waals surface area contributed by atoms with E-state index in [0.29, 0.717) is 182 Å². The van der Waals surface area contributed by atoms with Gasteiger partial charge in [-0.3, -0.25) is 82.2 Å². The summed E-state index contributed by atoms with van der Waals surface area (Å²) in [5, 5.41) is 43.3. The Bertz CT molecular complexity index is 5040. The molecule has 7 aromatic carbocycles. The first-order valence-electron chi connectivity index (χ1n) is 45.8. The number of rotatable bonds is 40. The van der Waals surface area contributed by atoms with E-state index in [2.05, 4.69) is 78.5 Å². The topological polar surface area (TPSA) is 475 Å². The minimum absolute atomic E-state index is 0. The third-order valence-electron chi connectivity index (χ3n) is 21.4. The third-order valence-corrected chi connectivity index (χ3v) is 22.2. The standard InChI is InChI=1S/C16H21N2O4.C16H19N2O4.C15H19N2O4.C14H18N2O3.C13H16N2O3.C11H16N2O2.C10H11BrO2.C3H4Cl2O.C3H3O.CH6N2.4U/c2*1-22-16(21)14-5-3-13(4-6-14)7-11-18-15(20)8-10-17(18)9-2-12-19;18-11-1-8-16-9-7-14(19)17(16)10-6-12-2-4-13(5-3-12)15(20)21;1-15-9-8-13(17)16(15)10-7-11-3-5-12(6-4-11)14(18)19-2;1-18-13(17)11-4-2-10(3-5-11)7-9-15-12(16)6-8-14-15;1-12-13-8-7-9-3-5-10(6-4-9)11(14)15-2;1-13-10(12)9-4-2-8(3-5-9)6-7-11;4-2-1-3(5)6;1-2-3-4;1-3-2;;;;/h3-6,12,19H,2,7-11H2,1H3;3-6H,2,7-11H2,1H3;2-5,11,18H,1,6-10H2,(H,20,21);3-6H,7-10H2,1-2H3;2-5,14H,6-9H2,1H3;3-6,12-13H,7-8H2,1-2H3;2-5H,6-7H2,1H3;1-2H2;2H,1H2;3H,2H2,1H3;;;;/q3*-1;;;;;;-1;;;;;. The fourth-order valence-corrected chi connectivity index (χ4v) is 14.6. The van der Waals surface area contributed by atoms with Crippen LogP contribution in [0.3, 0.4) is 0 Å². The summed E-state index contributed by atoms with van der Waals surface area (Å²) in [5.41, 5.74) is 22.3. The zero-order chi connectivity index (χ0) is 106. The van der Waals surface area contributed by atoms with Crippen LogP contribution in [0.4, 0.5) is 0 Å². The first-order chi connectivity index (χ1) is 68.9. The van der Waals surface area contributed by atoms with Crippen LogP contribution in [0, 0.1) is 138 Å². The number of esters is 6. The number of halogens is 3. The van der Waals surface area contributed by atoms with Crippen LogP contribution in [0.2, 0.25) is 0 Å². The van der Waals surface area contributed by atoms with Gasteiger partial charge in [-0.25, -0.2) is 84.9 Å². The van der Waals surface area contributed by atoms with Crippen molar-refractivity contribution in [1.82, 2.24) is 66.8 Å². The van der Waals surface area contributed by atoms with E-state index in [1.165, 1.54) is 60.1 Å². The van der Waals surface area contributed by atoms with Crippen molar-refractivity contribution in [2.75, 3.05) is 167 Å². The van der Waals surface area contributed by atoms with E-state index in [1.54, 1.807) is 129 Å². The van der Waals surface area contributed by atoms with E-state index in [0.717, 1.165) is 97.8 Å². The third kappa shape index (κ3) is 56.1. The van der Waals surface area contributed by atoms with Crippen molar-refractivity contribution in [2.24, 2.45) is 5.84 Å². The van der Waals surface area contributed by atoms with Gasteiger partial charge in [-0.15, -0.1) is 30.9 Å². The van der Waals surface area contributed by atoms with Gasteiger partial charge in [0.2, 0.25) is 34.8 Å². The number of nitrogens with two attached hydrogens (primary N) is 1. The number of carboxylic acid groups (broad SMARTS) is 1. The van der Waals surface area contributed by atoms with Gasteiger partial charge in [0.1, 0.15) is 0 Å². The minimum Gasteiger partial charge on any atom is -0.566 e. The van der Waals surface area contributed by atoms with Crippen molar-refractivity contribution in [3.8, 4) is 0 Å². The van der Waals surface area contributed by atoms with Crippen LogP contribution >= 0.6 is 39.1 Å². The molecule has 45 heteroatoms. The molecule has 5 aliphatic rings. The van der Waals surface area contributed by atoms with E-state index >= 15 is 0 Å². The van der Waals surface area contributed by atoms with Crippen molar-refractivity contribution in [3.63, 3.8) is 0 Å². The summed E-state index contributed by atoms with van der Waals surface area (Å²) in [4.78, 5) is 166. The van der Waals surface area contributed by atoms with Crippen molar-refractivity contribution in [3.05, 3.63) is 274 Å². The smallest absolute Gasteiger partial charge is 0.337 e. The normalized spacial score (nSPS) is 13.2. The quantitative estimate of drug-likeness (QED) is 0.00204. The van der Waals surface area contributed by atoms with E-state index < -0.39 is 5.97 Å². The molecule has 0 saturated carbocycles. The predicted molar refractivity (Wildman–Crippen MR) is 541 cm³/mol. The van der Waals surface area contributed by atoms with Gasteiger partial charge >= 0.3 is 41.8 Å². The molecule has 0 aliphatic carbocycles. The fourth-order valence-electron chi connectivity index (χ4n) is 13.8. The number of aliphatic hydroxyl groups is 2. The Balaban J connectivity index is 0. The number of methoxy groups -OCH3 is 6. The number of nitrogens with zero attached hydrogens (tertiary/aromatic N) is 9. The maximum absolute atomic E-state index is 11.9. The average Bonchev–Trinajstić information content (AvgIpc) is 1.73. The second kappa shape index (κ2) is 84.4. The molecule has 0 radical (unpaired) electrons. The minimum atomic E-state index is -0.942. The van der Waals surface area contributed by atoms with Gasteiger partial charge in [-0.05, 0) is 220 Å². The zero-order valence-electron chi connectivity index (χ0n) is 84.4. The van der Waals surface area contributed by atoms with Crippen LogP contribution < -0.4 is 27.5 Å². The van der Waals surface area contributed by atoms with Crippen LogP contribution in [0.1, 0.15) is 169 Å². The average molecular weight is 3040 g/mol. The SMILES string of the molecule is C=C[C-]=O.CNN.CNNCCc1ccc(C(=O)OC)cc1.COC(=O)c1ccc(CCBr)cc1.COC(=O)c1ccc(CCN2C(=O)CCN2C)cc1.COC(=O)c1ccc(CCN2C(=O)CCN2CC[C-]=O)cc1.COC(=O)c1ccc(CCN2C(=O)CCN2CC[CH-]O)cc1.COC(=O)c1ccc(CCN2NCCC2=O)cc1.O=C(Cl)CCCl.O=C(O)c1ccc(CCN2C(=O)CCN2CC[CH-]O)cc1.[U].[U].[U].[U]. The molecule has 5 saturated heterocycles. The van der Waals surface area contributed by atoms with E-state index in [9.17, 15) is 67.1 Å². The van der Waals surface area contributed by atoms with Gasteiger partial charge in [0, 0.05) is 253 Å². The molecule has 0 bridgehead atoms. The molecule has 0 aromatic heterocycles. The van der Waals surface area contributed by atoms with E-state index in [-0.39, 0.29) is 207 Å². The molecular formula is C102H133BrCl2N14O24U4-4. The van der Waals surface area contributed by atoms with Crippen LogP contribution in [0.5, 0.6) is 0 Å². The van der Waals surface area contributed by atoms with Crippen LogP contribution in [-0.4, -0.2) is 316 Å². The number of nitrogens with one attached hydrogen (secondary N) is 4.